The minimum atomic E-state index is -4.95. The van der Waals surface area contributed by atoms with Crippen LogP contribution in [0.5, 0.6) is 5.75 Å². The van der Waals surface area contributed by atoms with Crippen molar-refractivity contribution in [1.29, 1.82) is 0 Å². The number of anilines is 1. The van der Waals surface area contributed by atoms with Crippen LogP contribution in [-0.2, 0) is 64.3 Å². The molecule has 20 nitrogen and oxygen atoms in total. The molecule has 1 unspecified atom stereocenters. The molecule has 24 heteroatoms. The van der Waals surface area contributed by atoms with Gasteiger partial charge in [0.15, 0.2) is 16.6 Å². The summed E-state index contributed by atoms with van der Waals surface area (Å²) in [5.41, 5.74) is -0.948. The lowest BCUT2D eigenvalue weighted by atomic mass is 9.83. The number of likely N-dealkylation sites (N-methyl/N-ethyl adjacent to an activating group) is 1. The number of halogens is 1. The van der Waals surface area contributed by atoms with Crippen LogP contribution in [0, 0.1) is 5.92 Å². The monoisotopic (exact) mass is 1010 g/mol. The number of amides is 5. The zero-order valence-electron chi connectivity index (χ0n) is 37.9. The molecule has 0 aromatic heterocycles. The molecule has 0 radical (unpaired) electrons. The van der Waals surface area contributed by atoms with Gasteiger partial charge in [-0.1, -0.05) is 63.9 Å². The number of benzene rings is 1. The van der Waals surface area contributed by atoms with E-state index in [9.17, 15) is 46.8 Å². The standard InChI is InChI=1S/C43H55ClN4O16S3/c1-23-9-8-10-32(60-7)43(55)22-29(62-41(54)45-43)24(2)39-42(63-39)21-30(61-33(42)20-37(52)47(5)27-18-26(17-23)19-28(59-6)38(27)44)25(3)46(4)34(49)14-16-66-65-15-13-31(67(56,57)58)40(53)64-48-35(50)11-12-36(48)51/h8-10,18-19,21,24-25,29,31-33,39,55H,11-17,20,22H2,1-7H3,(H,45,54)(H,56,57,58)/b10-8+,23-9+/t24-,25+,29+,31?,32-,33+,39+,42+,43+/m1/s1. The smallest absolute Gasteiger partial charge is 0.409 e. The molecule has 5 amide bonds. The zero-order chi connectivity index (χ0) is 49.2. The van der Waals surface area contributed by atoms with Gasteiger partial charge in [0.25, 0.3) is 21.9 Å². The molecule has 0 saturated carbocycles. The molecule has 3 fully saturated rings. The first-order valence-electron chi connectivity index (χ1n) is 21.4. The highest BCUT2D eigenvalue weighted by Gasteiger charge is 2.68. The Balaban J connectivity index is 1.16. The molecule has 5 aliphatic rings. The van der Waals surface area contributed by atoms with Gasteiger partial charge < -0.3 is 43.4 Å². The highest BCUT2D eigenvalue weighted by molar-refractivity contribution is 8.76. The fourth-order valence-electron chi connectivity index (χ4n) is 8.40. The number of nitrogens with one attached hydrogen (secondary N) is 1. The van der Waals surface area contributed by atoms with Crippen molar-refractivity contribution in [3.8, 4) is 5.75 Å². The van der Waals surface area contributed by atoms with Gasteiger partial charge in [-0.25, -0.2) is 9.59 Å². The van der Waals surface area contributed by atoms with Crippen LogP contribution in [0.4, 0.5) is 10.5 Å². The van der Waals surface area contributed by atoms with E-state index in [1.54, 1.807) is 51.4 Å². The molecular weight excluding hydrogens is 960 g/mol. The lowest BCUT2D eigenvalue weighted by Gasteiger charge is -2.42. The summed E-state index contributed by atoms with van der Waals surface area (Å²) in [6.45, 7) is 5.47. The number of hydroxylamine groups is 2. The number of epoxide rings is 1. The number of hydrogen-bond acceptors (Lipinski definition) is 17. The number of allylic oxidation sites excluding steroid dienone is 3. The summed E-state index contributed by atoms with van der Waals surface area (Å²) in [6.07, 6.45) is 2.12. The molecule has 1 aromatic carbocycles. The van der Waals surface area contributed by atoms with Crippen LogP contribution < -0.4 is 15.0 Å². The summed E-state index contributed by atoms with van der Waals surface area (Å²) in [5, 5.41) is 12.8. The molecule has 5 aliphatic heterocycles. The van der Waals surface area contributed by atoms with E-state index in [1.165, 1.54) is 34.8 Å². The van der Waals surface area contributed by atoms with Crippen LogP contribution in [0.1, 0.15) is 64.9 Å². The van der Waals surface area contributed by atoms with Gasteiger partial charge in [-0.3, -0.25) is 29.0 Å². The van der Waals surface area contributed by atoms with Crippen molar-refractivity contribution in [3.63, 3.8) is 0 Å². The molecule has 0 aliphatic carbocycles. The predicted molar refractivity (Wildman–Crippen MR) is 245 cm³/mol. The van der Waals surface area contributed by atoms with Crippen LogP contribution in [0.2, 0.25) is 5.02 Å². The first kappa shape index (κ1) is 52.0. The number of methoxy groups -OCH3 is 2. The van der Waals surface area contributed by atoms with E-state index in [0.29, 0.717) is 23.6 Å². The molecule has 6 rings (SSSR count). The van der Waals surface area contributed by atoms with Crippen molar-refractivity contribution in [2.24, 2.45) is 5.92 Å². The highest BCUT2D eigenvalue weighted by Crippen LogP contribution is 2.54. The Labute approximate surface area is 401 Å². The van der Waals surface area contributed by atoms with E-state index in [-0.39, 0.29) is 65.5 Å². The van der Waals surface area contributed by atoms with Crippen LogP contribution >= 0.6 is 33.2 Å². The van der Waals surface area contributed by atoms with E-state index >= 15 is 0 Å². The zero-order valence-corrected chi connectivity index (χ0v) is 41.1. The van der Waals surface area contributed by atoms with Crippen LogP contribution in [-0.4, -0.2) is 151 Å². The lowest BCUT2D eigenvalue weighted by Crippen LogP contribution is -2.63. The van der Waals surface area contributed by atoms with Gasteiger partial charge in [0.05, 0.1) is 25.3 Å². The van der Waals surface area contributed by atoms with Crippen molar-refractivity contribution in [1.82, 2.24) is 15.3 Å². The van der Waals surface area contributed by atoms with Crippen molar-refractivity contribution < 1.29 is 75.4 Å². The van der Waals surface area contributed by atoms with Crippen LogP contribution in [0.25, 0.3) is 0 Å². The van der Waals surface area contributed by atoms with E-state index in [4.69, 9.17) is 40.1 Å². The Hall–Kier alpha value is -4.36. The molecule has 5 heterocycles. The Bertz CT molecular complexity index is 2330. The lowest BCUT2D eigenvalue weighted by molar-refractivity contribution is -0.197. The Morgan fingerprint density at radius 2 is 1.78 bits per heavy atom. The minimum absolute atomic E-state index is 0.0202. The summed E-state index contributed by atoms with van der Waals surface area (Å²) in [6, 6.07) is 2.93. The molecule has 67 heavy (non-hydrogen) atoms. The SMILES string of the molecule is COc1cc2cc(c1Cl)N(C)C(=O)C[C@@H]1OC([C@H](C)N(C)C(=O)CCSSCCC(C(=O)ON3C(=O)CCC3=O)S(=O)(=O)O)=C[C@]13O[C@H]3[C@H](C)[C@@H]1C[C@@](O)(NC(=O)O1)[C@H](OC)/C=C/C=C(\C)C2. The molecule has 368 valence electrons. The number of alkyl carbamates (subject to hydrolysis) is 1. The Morgan fingerprint density at radius 1 is 1.09 bits per heavy atom. The summed E-state index contributed by atoms with van der Waals surface area (Å²) < 4.78 is 63.6. The number of nitrogens with zero attached hydrogens (tertiary/aromatic N) is 3. The number of fused-ring (bicyclic) bond motifs is 4. The number of rotatable bonds is 14. The van der Waals surface area contributed by atoms with Gasteiger partial charge >= 0.3 is 12.1 Å². The van der Waals surface area contributed by atoms with E-state index < -0.39 is 93.4 Å². The highest BCUT2D eigenvalue weighted by atomic mass is 35.5. The fraction of sp³-hybridized carbons (Fsp3) is 0.581. The first-order chi connectivity index (χ1) is 31.5. The molecule has 1 spiro atoms. The number of aliphatic hydroxyl groups is 1. The number of hydrogen-bond donors (Lipinski definition) is 3. The number of carbonyl (C=O) groups excluding carboxylic acids is 6. The third-order valence-corrected chi connectivity index (χ3v) is 16.4. The van der Waals surface area contributed by atoms with Crippen molar-refractivity contribution in [3.05, 3.63) is 58.4 Å². The van der Waals surface area contributed by atoms with Crippen LogP contribution in [0.15, 0.2) is 47.8 Å². The molecule has 1 aromatic rings. The normalized spacial score (nSPS) is 29.8. The second-order valence-corrected chi connectivity index (χ2v) is 21.7. The topological polar surface area (TPSA) is 257 Å². The predicted octanol–water partition coefficient (Wildman–Crippen LogP) is 3.89. The van der Waals surface area contributed by atoms with E-state index in [1.807, 2.05) is 19.9 Å². The third kappa shape index (κ3) is 11.6. The van der Waals surface area contributed by atoms with E-state index in [0.717, 1.165) is 21.9 Å². The van der Waals surface area contributed by atoms with Gasteiger partial charge in [0.2, 0.25) is 11.8 Å². The summed E-state index contributed by atoms with van der Waals surface area (Å²) in [4.78, 5) is 84.6. The Morgan fingerprint density at radius 3 is 2.43 bits per heavy atom. The molecular formula is C43H55ClN4O16S3. The van der Waals surface area contributed by atoms with Gasteiger partial charge in [0, 0.05) is 64.3 Å². The van der Waals surface area contributed by atoms with Gasteiger partial charge in [-0.15, -0.1) is 5.06 Å². The van der Waals surface area contributed by atoms with Gasteiger partial charge in [0.1, 0.15) is 40.9 Å². The maximum atomic E-state index is 14.3. The Kier molecular flexibility index (Phi) is 16.4. The molecule has 4 bridgehead atoms. The van der Waals surface area contributed by atoms with Crippen LogP contribution in [0.3, 0.4) is 0 Å². The average molecular weight is 1020 g/mol. The van der Waals surface area contributed by atoms with Crippen molar-refractivity contribution in [2.75, 3.05) is 44.7 Å². The minimum Gasteiger partial charge on any atom is -0.495 e. The molecule has 3 saturated heterocycles. The summed E-state index contributed by atoms with van der Waals surface area (Å²) >= 11 is 6.80. The van der Waals surface area contributed by atoms with Gasteiger partial charge in [-0.2, -0.15) is 8.42 Å². The number of imide groups is 1. The van der Waals surface area contributed by atoms with Crippen molar-refractivity contribution >= 4 is 84.7 Å². The third-order valence-electron chi connectivity index (χ3n) is 12.4. The quantitative estimate of drug-likeness (QED) is 0.0785. The maximum absolute atomic E-state index is 14.3. The fourth-order valence-corrected chi connectivity index (χ4v) is 11.6. The molecule has 3 N–H and O–H groups in total. The largest absolute Gasteiger partial charge is 0.495 e. The number of carbonyl (C=O) groups is 6. The molecule has 9 atom stereocenters. The van der Waals surface area contributed by atoms with Crippen molar-refractivity contribution in [2.45, 2.75) is 113 Å². The average Bonchev–Trinajstić information content (AvgIpc) is 3.76. The summed E-state index contributed by atoms with van der Waals surface area (Å²) in [7, 11) is 3.49. The second kappa shape index (κ2) is 21.1. The van der Waals surface area contributed by atoms with E-state index in [2.05, 4.69) is 5.32 Å². The first-order valence-corrected chi connectivity index (χ1v) is 25.7. The maximum Gasteiger partial charge on any atom is 0.409 e. The summed E-state index contributed by atoms with van der Waals surface area (Å²) in [5.74, 6) is -3.28. The second-order valence-electron chi connectivity index (χ2n) is 17.0. The number of ether oxygens (including phenoxy) is 5. The van der Waals surface area contributed by atoms with Gasteiger partial charge in [-0.05, 0) is 50.5 Å².